The number of para-hydroxylation sites is 1. The number of ether oxygens (including phenoxy) is 1. The molecule has 2 N–H and O–H groups in total. The van der Waals surface area contributed by atoms with Crippen LogP contribution in [0, 0.1) is 17.5 Å². The molecule has 5 heteroatoms. The monoisotopic (exact) mass is 253 g/mol. The molecule has 2 aromatic carbocycles. The molecule has 0 unspecified atom stereocenters. The number of benzene rings is 2. The van der Waals surface area contributed by atoms with Crippen molar-refractivity contribution < 1.29 is 17.9 Å². The van der Waals surface area contributed by atoms with Crippen molar-refractivity contribution in [3.05, 3.63) is 59.4 Å². The normalized spacial score (nSPS) is 10.4. The average molecular weight is 253 g/mol. The van der Waals surface area contributed by atoms with Crippen molar-refractivity contribution in [2.24, 2.45) is 0 Å². The quantitative estimate of drug-likeness (QED) is 0.852. The van der Waals surface area contributed by atoms with Crippen molar-refractivity contribution >= 4 is 5.69 Å². The number of hydrogen-bond acceptors (Lipinski definition) is 2. The van der Waals surface area contributed by atoms with Gasteiger partial charge in [0.15, 0.2) is 17.4 Å². The number of nitrogens with two attached hydrogens (primary N) is 1. The van der Waals surface area contributed by atoms with Crippen LogP contribution >= 0.6 is 0 Å². The number of nitrogen functional groups attached to an aromatic ring is 1. The van der Waals surface area contributed by atoms with E-state index in [2.05, 4.69) is 0 Å². The van der Waals surface area contributed by atoms with Crippen LogP contribution in [-0.4, -0.2) is 0 Å². The molecular weight excluding hydrogens is 243 g/mol. The second kappa shape index (κ2) is 5.00. The number of anilines is 1. The summed E-state index contributed by atoms with van der Waals surface area (Å²) in [6.07, 6.45) is 0. The van der Waals surface area contributed by atoms with Gasteiger partial charge in [-0.15, -0.1) is 0 Å². The van der Waals surface area contributed by atoms with Crippen molar-refractivity contribution in [2.45, 2.75) is 6.61 Å². The molecule has 0 atom stereocenters. The highest BCUT2D eigenvalue weighted by atomic mass is 19.1. The lowest BCUT2D eigenvalue weighted by Crippen LogP contribution is -2.01. The molecule has 0 heterocycles. The Labute approximate surface area is 102 Å². The summed E-state index contributed by atoms with van der Waals surface area (Å²) in [5.41, 5.74) is 5.75. The Morgan fingerprint density at radius 3 is 2.22 bits per heavy atom. The Morgan fingerprint density at radius 2 is 1.61 bits per heavy atom. The summed E-state index contributed by atoms with van der Waals surface area (Å²) in [5.74, 6) is -2.67. The third-order valence-corrected chi connectivity index (χ3v) is 2.37. The highest BCUT2D eigenvalue weighted by Crippen LogP contribution is 2.22. The summed E-state index contributed by atoms with van der Waals surface area (Å²) in [6.45, 7) is -0.144. The third kappa shape index (κ3) is 2.56. The first-order valence-corrected chi connectivity index (χ1v) is 5.18. The molecule has 0 saturated heterocycles. The zero-order valence-corrected chi connectivity index (χ0v) is 9.29. The first kappa shape index (κ1) is 12.3. The molecule has 0 aliphatic heterocycles. The Hall–Kier alpha value is -2.17. The van der Waals surface area contributed by atoms with Crippen LogP contribution in [-0.2, 0) is 6.61 Å². The van der Waals surface area contributed by atoms with Crippen LogP contribution in [0.5, 0.6) is 5.75 Å². The predicted octanol–water partition coefficient (Wildman–Crippen LogP) is 3.27. The molecule has 2 aromatic rings. The summed E-state index contributed by atoms with van der Waals surface area (Å²) in [6, 6.07) is 7.46. The van der Waals surface area contributed by atoms with Gasteiger partial charge in [0.25, 0.3) is 0 Å². The van der Waals surface area contributed by atoms with Crippen LogP contribution in [0.25, 0.3) is 0 Å². The van der Waals surface area contributed by atoms with E-state index in [0.29, 0.717) is 5.56 Å². The number of hydrogen-bond donors (Lipinski definition) is 1. The van der Waals surface area contributed by atoms with Gasteiger partial charge in [-0.3, -0.25) is 0 Å². The lowest BCUT2D eigenvalue weighted by molar-refractivity contribution is 0.273. The van der Waals surface area contributed by atoms with E-state index in [1.807, 2.05) is 0 Å². The van der Waals surface area contributed by atoms with Crippen molar-refractivity contribution in [2.75, 3.05) is 5.73 Å². The van der Waals surface area contributed by atoms with Crippen LogP contribution in [0.4, 0.5) is 18.9 Å². The molecule has 2 rings (SSSR count). The van der Waals surface area contributed by atoms with E-state index in [1.54, 1.807) is 0 Å². The molecule has 0 radical (unpaired) electrons. The average Bonchev–Trinajstić information content (AvgIpc) is 2.33. The highest BCUT2D eigenvalue weighted by Gasteiger charge is 2.10. The minimum atomic E-state index is -0.800. The second-order valence-electron chi connectivity index (χ2n) is 3.70. The van der Waals surface area contributed by atoms with Crippen molar-refractivity contribution in [1.29, 1.82) is 0 Å². The second-order valence-corrected chi connectivity index (χ2v) is 3.70. The van der Waals surface area contributed by atoms with E-state index in [4.69, 9.17) is 10.5 Å². The topological polar surface area (TPSA) is 35.2 Å². The highest BCUT2D eigenvalue weighted by molar-refractivity contribution is 5.41. The van der Waals surface area contributed by atoms with E-state index < -0.39 is 23.2 Å². The maximum Gasteiger partial charge on any atom is 0.191 e. The molecule has 0 aliphatic carbocycles. The SMILES string of the molecule is Nc1ccc(COc2c(F)cccc2F)cc1F. The first-order chi connectivity index (χ1) is 8.58. The van der Waals surface area contributed by atoms with Crippen LogP contribution in [0.3, 0.4) is 0 Å². The zero-order valence-electron chi connectivity index (χ0n) is 9.29. The van der Waals surface area contributed by atoms with E-state index >= 15 is 0 Å². The Balaban J connectivity index is 2.14. The Kier molecular flexibility index (Phi) is 3.41. The molecule has 0 amide bonds. The molecule has 0 bridgehead atoms. The number of halogens is 3. The van der Waals surface area contributed by atoms with Gasteiger partial charge in [0.2, 0.25) is 0 Å². The molecule has 18 heavy (non-hydrogen) atoms. The molecule has 0 saturated carbocycles. The maximum atomic E-state index is 13.2. The molecule has 0 aromatic heterocycles. The largest absolute Gasteiger partial charge is 0.483 e. The molecule has 2 nitrogen and oxygen atoms in total. The zero-order chi connectivity index (χ0) is 13.1. The van der Waals surface area contributed by atoms with E-state index in [9.17, 15) is 13.2 Å². The summed E-state index contributed by atoms with van der Waals surface area (Å²) >= 11 is 0. The van der Waals surface area contributed by atoms with E-state index in [1.165, 1.54) is 18.2 Å². The van der Waals surface area contributed by atoms with Gasteiger partial charge < -0.3 is 10.5 Å². The lowest BCUT2D eigenvalue weighted by atomic mass is 10.2. The molecule has 0 spiro atoms. The maximum absolute atomic E-state index is 13.2. The fraction of sp³-hybridized carbons (Fsp3) is 0.0769. The van der Waals surface area contributed by atoms with Gasteiger partial charge in [0.1, 0.15) is 12.4 Å². The van der Waals surface area contributed by atoms with E-state index in [0.717, 1.165) is 18.2 Å². The van der Waals surface area contributed by atoms with Gasteiger partial charge in [-0.1, -0.05) is 12.1 Å². The summed E-state index contributed by atoms with van der Waals surface area (Å²) in [7, 11) is 0. The minimum absolute atomic E-state index is 0.0100. The van der Waals surface area contributed by atoms with Gasteiger partial charge in [-0.05, 0) is 29.8 Å². The van der Waals surface area contributed by atoms with Crippen molar-refractivity contribution in [3.8, 4) is 5.75 Å². The fourth-order valence-corrected chi connectivity index (χ4v) is 1.44. The van der Waals surface area contributed by atoms with Gasteiger partial charge in [0, 0.05) is 0 Å². The van der Waals surface area contributed by atoms with Crippen LogP contribution in [0.1, 0.15) is 5.56 Å². The summed E-state index contributed by atoms with van der Waals surface area (Å²) in [4.78, 5) is 0. The fourth-order valence-electron chi connectivity index (χ4n) is 1.44. The summed E-state index contributed by atoms with van der Waals surface area (Å²) < 4.78 is 44.6. The Morgan fingerprint density at radius 1 is 0.944 bits per heavy atom. The van der Waals surface area contributed by atoms with Crippen molar-refractivity contribution in [1.82, 2.24) is 0 Å². The smallest absolute Gasteiger partial charge is 0.191 e. The van der Waals surface area contributed by atoms with Gasteiger partial charge in [-0.2, -0.15) is 0 Å². The van der Waals surface area contributed by atoms with Gasteiger partial charge >= 0.3 is 0 Å². The minimum Gasteiger partial charge on any atom is -0.483 e. The summed E-state index contributed by atoms with van der Waals surface area (Å²) in [5, 5.41) is 0. The number of rotatable bonds is 3. The van der Waals surface area contributed by atoms with Gasteiger partial charge in [0.05, 0.1) is 5.69 Å². The van der Waals surface area contributed by atoms with Crippen LogP contribution in [0.2, 0.25) is 0 Å². The third-order valence-electron chi connectivity index (χ3n) is 2.37. The molecule has 0 aliphatic rings. The molecule has 0 fully saturated rings. The molecular formula is C13H10F3NO. The van der Waals surface area contributed by atoms with Gasteiger partial charge in [-0.25, -0.2) is 13.2 Å². The van der Waals surface area contributed by atoms with Crippen LogP contribution < -0.4 is 10.5 Å². The standard InChI is InChI=1S/C13H10F3NO/c14-9-2-1-3-10(15)13(9)18-7-8-4-5-12(17)11(16)6-8/h1-6H,7,17H2. The molecule has 94 valence electrons. The Bertz CT molecular complexity index is 552. The van der Waals surface area contributed by atoms with E-state index in [-0.39, 0.29) is 12.3 Å². The lowest BCUT2D eigenvalue weighted by Gasteiger charge is -2.08. The van der Waals surface area contributed by atoms with Crippen LogP contribution in [0.15, 0.2) is 36.4 Å². The first-order valence-electron chi connectivity index (χ1n) is 5.18. The van der Waals surface area contributed by atoms with Crippen molar-refractivity contribution in [3.63, 3.8) is 0 Å². The predicted molar refractivity (Wildman–Crippen MR) is 61.5 cm³/mol.